The fourth-order valence-corrected chi connectivity index (χ4v) is 4.99. The first-order valence-electron chi connectivity index (χ1n) is 11.0. The fraction of sp³-hybridized carbons (Fsp3) is 0.333. The minimum Gasteiger partial charge on any atom is -0.471 e. The molecule has 35 heavy (non-hydrogen) atoms. The number of rotatable bonds is 4. The van der Waals surface area contributed by atoms with Gasteiger partial charge in [0.2, 0.25) is 5.88 Å². The summed E-state index contributed by atoms with van der Waals surface area (Å²) < 4.78 is 58.8. The predicted octanol–water partition coefficient (Wildman–Crippen LogP) is 5.42. The standard InChI is InChI=1S/C24H19ClF4N4O2/c25-18-9-14(24(27,28)29)11-32-22(18)35-20-8-13-2-5-19(20)33(12-13)23(34)16-4-3-15(26)10-17(16)21-30-6-1-7-31-21/h1,3-4,6-7,9-11,13,19-20H,2,5,8,12H2/t13-,19+,20-/m1/s1. The number of amides is 1. The Bertz CT molecular complexity index is 1260. The fourth-order valence-electron chi connectivity index (χ4n) is 4.78. The van der Waals surface area contributed by atoms with E-state index in [2.05, 4.69) is 15.0 Å². The van der Waals surface area contributed by atoms with E-state index in [0.29, 0.717) is 25.6 Å². The van der Waals surface area contributed by atoms with E-state index in [1.165, 1.54) is 30.6 Å². The second kappa shape index (κ2) is 9.07. The molecule has 11 heteroatoms. The van der Waals surface area contributed by atoms with Gasteiger partial charge in [0.15, 0.2) is 5.82 Å². The number of nitrogens with zero attached hydrogens (tertiary/aromatic N) is 4. The van der Waals surface area contributed by atoms with Crippen molar-refractivity contribution < 1.29 is 27.1 Å². The van der Waals surface area contributed by atoms with Gasteiger partial charge in [-0.15, -0.1) is 0 Å². The van der Waals surface area contributed by atoms with Gasteiger partial charge in [0.25, 0.3) is 5.91 Å². The first kappa shape index (κ1) is 23.5. The highest BCUT2D eigenvalue weighted by molar-refractivity contribution is 6.31. The maximum Gasteiger partial charge on any atom is 0.417 e. The molecule has 3 fully saturated rings. The van der Waals surface area contributed by atoms with Gasteiger partial charge in [0.05, 0.1) is 17.2 Å². The highest BCUT2D eigenvalue weighted by Gasteiger charge is 2.45. The molecule has 1 amide bonds. The summed E-state index contributed by atoms with van der Waals surface area (Å²) in [6.07, 6.45) is 0.784. The molecule has 0 radical (unpaired) electrons. The zero-order chi connectivity index (χ0) is 24.7. The molecule has 0 unspecified atom stereocenters. The molecule has 0 spiro atoms. The smallest absolute Gasteiger partial charge is 0.417 e. The monoisotopic (exact) mass is 506 g/mol. The predicted molar refractivity (Wildman–Crippen MR) is 118 cm³/mol. The highest BCUT2D eigenvalue weighted by Crippen LogP contribution is 2.40. The molecule has 0 N–H and O–H groups in total. The van der Waals surface area contributed by atoms with E-state index in [1.54, 1.807) is 11.0 Å². The van der Waals surface area contributed by atoms with Crippen molar-refractivity contribution in [2.24, 2.45) is 5.92 Å². The molecular weight excluding hydrogens is 488 g/mol. The first-order chi connectivity index (χ1) is 16.7. The lowest BCUT2D eigenvalue weighted by molar-refractivity contribution is -0.137. The summed E-state index contributed by atoms with van der Waals surface area (Å²) in [4.78, 5) is 27.4. The molecule has 2 saturated heterocycles. The largest absolute Gasteiger partial charge is 0.471 e. The van der Waals surface area contributed by atoms with Crippen LogP contribution in [0.1, 0.15) is 35.2 Å². The SMILES string of the molecule is O=C(c1ccc(F)cc1-c1ncccn1)N1C[C@@H]2CC[C@H]1[C@H](Oc1ncc(C(F)(F)F)cc1Cl)C2. The number of hydrogen-bond acceptors (Lipinski definition) is 5. The molecule has 2 bridgehead atoms. The lowest BCUT2D eigenvalue weighted by atomic mass is 9.77. The second-order valence-corrected chi connectivity index (χ2v) is 9.04. The summed E-state index contributed by atoms with van der Waals surface area (Å²) in [7, 11) is 0. The topological polar surface area (TPSA) is 68.2 Å². The molecule has 3 aliphatic rings. The summed E-state index contributed by atoms with van der Waals surface area (Å²) in [5.41, 5.74) is -0.430. The molecule has 6 rings (SSSR count). The number of ether oxygens (including phenoxy) is 1. The molecule has 3 atom stereocenters. The third-order valence-corrected chi connectivity index (χ3v) is 6.67. The van der Waals surface area contributed by atoms with Crippen LogP contribution in [0.25, 0.3) is 11.4 Å². The van der Waals surface area contributed by atoms with Crippen molar-refractivity contribution in [3.8, 4) is 17.3 Å². The first-order valence-corrected chi connectivity index (χ1v) is 11.4. The van der Waals surface area contributed by atoms with Crippen LogP contribution in [0, 0.1) is 11.7 Å². The molecule has 1 aromatic carbocycles. The number of hydrogen-bond donors (Lipinski definition) is 0. The molecular formula is C24H19ClF4N4O2. The normalized spacial score (nSPS) is 21.7. The number of alkyl halides is 3. The Morgan fingerprint density at radius 2 is 1.89 bits per heavy atom. The Labute approximate surface area is 202 Å². The van der Waals surface area contributed by atoms with E-state index in [0.717, 1.165) is 12.5 Å². The Balaban J connectivity index is 1.42. The van der Waals surface area contributed by atoms with Crippen LogP contribution in [0.5, 0.6) is 5.88 Å². The third-order valence-electron chi connectivity index (χ3n) is 6.40. The minimum absolute atomic E-state index is 0.107. The van der Waals surface area contributed by atoms with E-state index in [-0.39, 0.29) is 45.7 Å². The van der Waals surface area contributed by atoms with Gasteiger partial charge in [-0.3, -0.25) is 4.79 Å². The Morgan fingerprint density at radius 1 is 1.11 bits per heavy atom. The molecule has 182 valence electrons. The number of carbonyl (C=O) groups is 1. The third kappa shape index (κ3) is 4.67. The zero-order valence-electron chi connectivity index (χ0n) is 18.2. The van der Waals surface area contributed by atoms with Gasteiger partial charge in [-0.25, -0.2) is 19.3 Å². The van der Waals surface area contributed by atoms with Crippen molar-refractivity contribution in [1.82, 2.24) is 19.9 Å². The van der Waals surface area contributed by atoms with Crippen LogP contribution in [-0.4, -0.2) is 44.4 Å². The summed E-state index contributed by atoms with van der Waals surface area (Å²) in [5.74, 6) is -0.579. The minimum atomic E-state index is -4.57. The highest BCUT2D eigenvalue weighted by atomic mass is 35.5. The maximum absolute atomic E-state index is 14.0. The van der Waals surface area contributed by atoms with Gasteiger partial charge < -0.3 is 9.64 Å². The molecule has 3 aromatic rings. The van der Waals surface area contributed by atoms with Crippen LogP contribution < -0.4 is 4.74 Å². The molecule has 1 aliphatic carbocycles. The van der Waals surface area contributed by atoms with Crippen LogP contribution in [0.2, 0.25) is 5.02 Å². The zero-order valence-corrected chi connectivity index (χ0v) is 18.9. The van der Waals surface area contributed by atoms with Gasteiger partial charge >= 0.3 is 6.18 Å². The summed E-state index contributed by atoms with van der Waals surface area (Å²) in [6.45, 7) is 0.490. The quantitative estimate of drug-likeness (QED) is 0.442. The van der Waals surface area contributed by atoms with Crippen molar-refractivity contribution in [3.05, 3.63) is 70.9 Å². The lowest BCUT2D eigenvalue weighted by Crippen LogP contribution is -2.59. The number of pyridine rings is 1. The Kier molecular flexibility index (Phi) is 6.08. The van der Waals surface area contributed by atoms with Crippen LogP contribution in [0.3, 0.4) is 0 Å². The molecule has 2 aliphatic heterocycles. The number of benzene rings is 1. The van der Waals surface area contributed by atoms with Crippen molar-refractivity contribution >= 4 is 17.5 Å². The molecule has 6 nitrogen and oxygen atoms in total. The average molecular weight is 507 g/mol. The van der Waals surface area contributed by atoms with Gasteiger partial charge in [-0.05, 0) is 55.5 Å². The Morgan fingerprint density at radius 3 is 2.57 bits per heavy atom. The van der Waals surface area contributed by atoms with E-state index >= 15 is 0 Å². The van der Waals surface area contributed by atoms with Crippen molar-refractivity contribution in [1.29, 1.82) is 0 Å². The number of fused-ring (bicyclic) bond motifs is 3. The number of halogens is 5. The van der Waals surface area contributed by atoms with Gasteiger partial charge in [-0.1, -0.05) is 11.6 Å². The maximum atomic E-state index is 14.0. The van der Waals surface area contributed by atoms with E-state index in [1.807, 2.05) is 0 Å². The molecule has 4 heterocycles. The van der Waals surface area contributed by atoms with Gasteiger partial charge in [0.1, 0.15) is 16.9 Å². The Hall–Kier alpha value is -3.27. The van der Waals surface area contributed by atoms with Crippen LogP contribution in [0.4, 0.5) is 17.6 Å². The van der Waals surface area contributed by atoms with E-state index in [4.69, 9.17) is 16.3 Å². The number of carbonyl (C=O) groups excluding carboxylic acids is 1. The number of piperidine rings is 2. The summed E-state index contributed by atoms with van der Waals surface area (Å²) in [6, 6.07) is 5.90. The summed E-state index contributed by atoms with van der Waals surface area (Å²) >= 11 is 6.04. The van der Waals surface area contributed by atoms with Gasteiger partial charge in [-0.2, -0.15) is 13.2 Å². The van der Waals surface area contributed by atoms with Crippen molar-refractivity contribution in [3.63, 3.8) is 0 Å². The second-order valence-electron chi connectivity index (χ2n) is 8.63. The lowest BCUT2D eigenvalue weighted by Gasteiger charge is -2.49. The van der Waals surface area contributed by atoms with Gasteiger partial charge in [0, 0.05) is 30.7 Å². The molecule has 1 saturated carbocycles. The number of aromatic nitrogens is 3. The van der Waals surface area contributed by atoms with Crippen LogP contribution in [0.15, 0.2) is 48.9 Å². The van der Waals surface area contributed by atoms with E-state index < -0.39 is 23.7 Å². The van der Waals surface area contributed by atoms with Crippen molar-refractivity contribution in [2.45, 2.75) is 37.6 Å². The molecule has 2 aromatic heterocycles. The van der Waals surface area contributed by atoms with E-state index in [9.17, 15) is 22.4 Å². The van der Waals surface area contributed by atoms with Crippen LogP contribution in [-0.2, 0) is 6.18 Å². The summed E-state index contributed by atoms with van der Waals surface area (Å²) in [5, 5.41) is -0.249. The van der Waals surface area contributed by atoms with Crippen LogP contribution >= 0.6 is 11.6 Å². The average Bonchev–Trinajstić information content (AvgIpc) is 2.85. The van der Waals surface area contributed by atoms with Crippen molar-refractivity contribution in [2.75, 3.05) is 6.54 Å².